The lowest BCUT2D eigenvalue weighted by atomic mass is 9.94. The number of likely N-dealkylation sites (tertiary alicyclic amines) is 1. The standard InChI is InChI=1S/C19H19NO3/c21-18(14-9-8-12-4-1-2-5-13(12)10-14)20-11-15-6-3-7-16(15)17(20)19(22)23/h1-2,4-5,8-10,15-17H,3,6-7,11H2,(H,22,23). The van der Waals surface area contributed by atoms with Crippen LogP contribution in [0.5, 0.6) is 0 Å². The SMILES string of the molecule is O=C(O)C1C2CCCC2CN1C(=O)c1ccc2ccccc2c1. The van der Waals surface area contributed by atoms with Crippen LogP contribution >= 0.6 is 0 Å². The number of carboxylic acid groups (broad SMARTS) is 1. The first-order valence-electron chi connectivity index (χ1n) is 8.18. The van der Waals surface area contributed by atoms with Crippen molar-refractivity contribution in [1.82, 2.24) is 4.90 Å². The quantitative estimate of drug-likeness (QED) is 0.927. The van der Waals surface area contributed by atoms with Crippen LogP contribution in [0.1, 0.15) is 29.6 Å². The van der Waals surface area contributed by atoms with Crippen molar-refractivity contribution in [3.05, 3.63) is 48.0 Å². The highest BCUT2D eigenvalue weighted by molar-refractivity contribution is 6.00. The number of amides is 1. The Kier molecular flexibility index (Phi) is 3.33. The summed E-state index contributed by atoms with van der Waals surface area (Å²) in [6.07, 6.45) is 3.04. The van der Waals surface area contributed by atoms with Gasteiger partial charge in [0.25, 0.3) is 5.91 Å². The van der Waals surface area contributed by atoms with Crippen LogP contribution in [-0.2, 0) is 4.79 Å². The molecule has 0 bridgehead atoms. The molecule has 1 aliphatic heterocycles. The Morgan fingerprint density at radius 3 is 2.61 bits per heavy atom. The normalized spacial score (nSPS) is 26.4. The molecule has 1 amide bonds. The van der Waals surface area contributed by atoms with Crippen LogP contribution in [0.15, 0.2) is 42.5 Å². The van der Waals surface area contributed by atoms with Crippen molar-refractivity contribution in [2.75, 3.05) is 6.54 Å². The van der Waals surface area contributed by atoms with Crippen molar-refractivity contribution in [2.24, 2.45) is 11.8 Å². The molecule has 0 radical (unpaired) electrons. The molecule has 2 fully saturated rings. The van der Waals surface area contributed by atoms with Crippen LogP contribution in [0.25, 0.3) is 10.8 Å². The number of carbonyl (C=O) groups excluding carboxylic acids is 1. The summed E-state index contributed by atoms with van der Waals surface area (Å²) >= 11 is 0. The second-order valence-corrected chi connectivity index (χ2v) is 6.66. The minimum absolute atomic E-state index is 0.122. The smallest absolute Gasteiger partial charge is 0.326 e. The van der Waals surface area contributed by atoms with Crippen LogP contribution in [0, 0.1) is 11.8 Å². The number of fused-ring (bicyclic) bond motifs is 2. The summed E-state index contributed by atoms with van der Waals surface area (Å²) in [6, 6.07) is 12.8. The predicted molar refractivity (Wildman–Crippen MR) is 87.2 cm³/mol. The number of hydrogen-bond acceptors (Lipinski definition) is 2. The summed E-state index contributed by atoms with van der Waals surface area (Å²) in [5.74, 6) is -0.552. The van der Waals surface area contributed by atoms with E-state index < -0.39 is 12.0 Å². The molecule has 4 heteroatoms. The van der Waals surface area contributed by atoms with Crippen LogP contribution in [0.2, 0.25) is 0 Å². The first kappa shape index (κ1) is 14.2. The molecule has 3 unspecified atom stereocenters. The number of benzene rings is 2. The molecule has 2 aromatic carbocycles. The molecule has 0 aromatic heterocycles. The Morgan fingerprint density at radius 2 is 1.83 bits per heavy atom. The summed E-state index contributed by atoms with van der Waals surface area (Å²) in [5.41, 5.74) is 0.579. The maximum absolute atomic E-state index is 12.9. The lowest BCUT2D eigenvalue weighted by molar-refractivity contribution is -0.142. The third-order valence-corrected chi connectivity index (χ3v) is 5.40. The molecule has 1 saturated heterocycles. The van der Waals surface area contributed by atoms with E-state index in [1.807, 2.05) is 36.4 Å². The minimum Gasteiger partial charge on any atom is -0.480 e. The van der Waals surface area contributed by atoms with Gasteiger partial charge in [0.2, 0.25) is 0 Å². The number of aliphatic carboxylic acids is 1. The van der Waals surface area contributed by atoms with E-state index in [-0.39, 0.29) is 11.8 Å². The van der Waals surface area contributed by atoms with E-state index in [9.17, 15) is 14.7 Å². The van der Waals surface area contributed by atoms with Gasteiger partial charge in [-0.2, -0.15) is 0 Å². The summed E-state index contributed by atoms with van der Waals surface area (Å²) < 4.78 is 0. The molecular formula is C19H19NO3. The average Bonchev–Trinajstić information content (AvgIpc) is 3.13. The summed E-state index contributed by atoms with van der Waals surface area (Å²) in [6.45, 7) is 0.577. The van der Waals surface area contributed by atoms with Crippen LogP contribution < -0.4 is 0 Å². The van der Waals surface area contributed by atoms with E-state index >= 15 is 0 Å². The van der Waals surface area contributed by atoms with Gasteiger partial charge in [0.05, 0.1) is 0 Å². The maximum atomic E-state index is 12.9. The average molecular weight is 309 g/mol. The van der Waals surface area contributed by atoms with Gasteiger partial charge in [-0.15, -0.1) is 0 Å². The van der Waals surface area contributed by atoms with Crippen molar-refractivity contribution in [3.63, 3.8) is 0 Å². The third kappa shape index (κ3) is 2.29. The van der Waals surface area contributed by atoms with E-state index in [1.165, 1.54) is 0 Å². The Hall–Kier alpha value is -2.36. The van der Waals surface area contributed by atoms with E-state index in [4.69, 9.17) is 0 Å². The van der Waals surface area contributed by atoms with Crippen LogP contribution in [-0.4, -0.2) is 34.5 Å². The zero-order valence-electron chi connectivity index (χ0n) is 12.8. The first-order valence-corrected chi connectivity index (χ1v) is 8.18. The molecule has 1 heterocycles. The molecule has 1 N–H and O–H groups in total. The summed E-state index contributed by atoms with van der Waals surface area (Å²) in [7, 11) is 0. The number of carboxylic acids is 1. The van der Waals surface area contributed by atoms with Gasteiger partial charge in [-0.25, -0.2) is 4.79 Å². The van der Waals surface area contributed by atoms with Gasteiger partial charge in [-0.05, 0) is 47.6 Å². The number of nitrogens with zero attached hydrogens (tertiary/aromatic N) is 1. The van der Waals surface area contributed by atoms with Crippen LogP contribution in [0.4, 0.5) is 0 Å². The van der Waals surface area contributed by atoms with Gasteiger partial charge in [0.15, 0.2) is 0 Å². The van der Waals surface area contributed by atoms with E-state index in [1.54, 1.807) is 11.0 Å². The highest BCUT2D eigenvalue weighted by Gasteiger charge is 2.49. The van der Waals surface area contributed by atoms with E-state index in [0.717, 1.165) is 30.0 Å². The molecule has 3 atom stereocenters. The lowest BCUT2D eigenvalue weighted by Crippen LogP contribution is -2.43. The fourth-order valence-corrected chi connectivity index (χ4v) is 4.32. The molecule has 0 spiro atoms. The predicted octanol–water partition coefficient (Wildman–Crippen LogP) is 3.17. The highest BCUT2D eigenvalue weighted by atomic mass is 16.4. The van der Waals surface area contributed by atoms with Gasteiger partial charge < -0.3 is 10.0 Å². The Morgan fingerprint density at radius 1 is 1.04 bits per heavy atom. The van der Waals surface area contributed by atoms with Crippen molar-refractivity contribution in [3.8, 4) is 0 Å². The van der Waals surface area contributed by atoms with Gasteiger partial charge in [-0.1, -0.05) is 36.8 Å². The third-order valence-electron chi connectivity index (χ3n) is 5.40. The molecule has 1 saturated carbocycles. The molecule has 23 heavy (non-hydrogen) atoms. The van der Waals surface area contributed by atoms with Crippen LogP contribution in [0.3, 0.4) is 0 Å². The molecule has 4 nitrogen and oxygen atoms in total. The molecule has 2 aromatic rings. The zero-order valence-corrected chi connectivity index (χ0v) is 12.8. The maximum Gasteiger partial charge on any atom is 0.326 e. The molecule has 2 aliphatic rings. The van der Waals surface area contributed by atoms with Gasteiger partial charge in [-0.3, -0.25) is 4.79 Å². The first-order chi connectivity index (χ1) is 11.1. The van der Waals surface area contributed by atoms with Crippen molar-refractivity contribution >= 4 is 22.6 Å². The fraction of sp³-hybridized carbons (Fsp3) is 0.368. The largest absolute Gasteiger partial charge is 0.480 e. The monoisotopic (exact) mass is 309 g/mol. The molecule has 1 aliphatic carbocycles. The number of carbonyl (C=O) groups is 2. The Labute approximate surface area is 134 Å². The van der Waals surface area contributed by atoms with Gasteiger partial charge in [0, 0.05) is 12.1 Å². The molecule has 118 valence electrons. The van der Waals surface area contributed by atoms with Crippen molar-refractivity contribution in [2.45, 2.75) is 25.3 Å². The second-order valence-electron chi connectivity index (χ2n) is 6.66. The fourth-order valence-electron chi connectivity index (χ4n) is 4.32. The van der Waals surface area contributed by atoms with Crippen molar-refractivity contribution in [1.29, 1.82) is 0 Å². The van der Waals surface area contributed by atoms with Crippen molar-refractivity contribution < 1.29 is 14.7 Å². The number of hydrogen-bond donors (Lipinski definition) is 1. The van der Waals surface area contributed by atoms with Gasteiger partial charge >= 0.3 is 5.97 Å². The van der Waals surface area contributed by atoms with Gasteiger partial charge in [0.1, 0.15) is 6.04 Å². The highest BCUT2D eigenvalue weighted by Crippen LogP contribution is 2.42. The Balaban J connectivity index is 1.68. The summed E-state index contributed by atoms with van der Waals surface area (Å²) in [4.78, 5) is 26.2. The molecular weight excluding hydrogens is 290 g/mol. The topological polar surface area (TPSA) is 57.6 Å². The summed E-state index contributed by atoms with van der Waals surface area (Å²) in [5, 5.41) is 11.7. The minimum atomic E-state index is -0.867. The van der Waals surface area contributed by atoms with E-state index in [0.29, 0.717) is 18.0 Å². The lowest BCUT2D eigenvalue weighted by Gasteiger charge is -2.24. The number of rotatable bonds is 2. The second kappa shape index (κ2) is 5.37. The zero-order chi connectivity index (χ0) is 16.0. The molecule has 4 rings (SSSR count). The van der Waals surface area contributed by atoms with E-state index in [2.05, 4.69) is 0 Å². The Bertz CT molecular complexity index is 785.